The summed E-state index contributed by atoms with van der Waals surface area (Å²) in [7, 11) is 0. The molecule has 0 saturated heterocycles. The average Bonchev–Trinajstić information content (AvgIpc) is 2.46. The first-order chi connectivity index (χ1) is 11.4. The summed E-state index contributed by atoms with van der Waals surface area (Å²) in [5.74, 6) is -0.389. The van der Waals surface area contributed by atoms with Crippen LogP contribution in [-0.4, -0.2) is 15.9 Å². The van der Waals surface area contributed by atoms with Crippen molar-refractivity contribution in [2.75, 3.05) is 5.32 Å². The standard InChI is InChI=1S/C15H17Cl4F3N2O/c1-2-3-4-5-12(25)24-13(14(17,18)19)23-11-8-9(15(20,21)22)6-7-10(11)16/h6-8,13,23H,2-5H2,1H3,(H,24,25). The number of carbonyl (C=O) groups excluding carboxylic acids is 1. The van der Waals surface area contributed by atoms with E-state index >= 15 is 0 Å². The Morgan fingerprint density at radius 2 is 1.84 bits per heavy atom. The normalized spacial score (nSPS) is 13.4. The predicted octanol–water partition coefficient (Wildman–Crippen LogP) is 6.16. The minimum absolute atomic E-state index is 0.00696. The molecular weight excluding hydrogens is 423 g/mol. The van der Waals surface area contributed by atoms with Crippen molar-refractivity contribution in [1.82, 2.24) is 5.32 Å². The van der Waals surface area contributed by atoms with E-state index in [1.165, 1.54) is 0 Å². The van der Waals surface area contributed by atoms with Crippen molar-refractivity contribution in [2.24, 2.45) is 0 Å². The fourth-order valence-corrected chi connectivity index (χ4v) is 2.44. The summed E-state index contributed by atoms with van der Waals surface area (Å²) in [5.41, 5.74) is -1.03. The Balaban J connectivity index is 2.94. The number of nitrogens with one attached hydrogen (secondary N) is 2. The third-order valence-corrected chi connectivity index (χ3v) is 4.22. The number of benzene rings is 1. The van der Waals surface area contributed by atoms with Gasteiger partial charge in [-0.25, -0.2) is 0 Å². The van der Waals surface area contributed by atoms with Gasteiger partial charge < -0.3 is 10.6 Å². The summed E-state index contributed by atoms with van der Waals surface area (Å²) in [6.07, 6.45) is -3.16. The van der Waals surface area contributed by atoms with Crippen LogP contribution in [0, 0.1) is 0 Å². The van der Waals surface area contributed by atoms with Gasteiger partial charge in [0.2, 0.25) is 9.70 Å². The van der Waals surface area contributed by atoms with Crippen LogP contribution in [-0.2, 0) is 11.0 Å². The molecule has 0 aliphatic carbocycles. The quantitative estimate of drug-likeness (QED) is 0.303. The molecule has 0 saturated carbocycles. The van der Waals surface area contributed by atoms with E-state index in [4.69, 9.17) is 46.4 Å². The average molecular weight is 440 g/mol. The molecule has 1 rings (SSSR count). The number of carbonyl (C=O) groups is 1. The third kappa shape index (κ3) is 7.69. The van der Waals surface area contributed by atoms with Crippen LogP contribution in [0.2, 0.25) is 5.02 Å². The van der Waals surface area contributed by atoms with Crippen LogP contribution in [0.3, 0.4) is 0 Å². The van der Waals surface area contributed by atoms with E-state index < -0.39 is 21.7 Å². The SMILES string of the molecule is CCCCCC(=O)NC(Nc1cc(C(F)(F)F)ccc1Cl)C(Cl)(Cl)Cl. The van der Waals surface area contributed by atoms with Crippen molar-refractivity contribution >= 4 is 58.0 Å². The maximum atomic E-state index is 12.8. The Bertz CT molecular complexity index is 591. The van der Waals surface area contributed by atoms with Gasteiger partial charge in [-0.05, 0) is 24.6 Å². The molecule has 1 atom stereocenters. The molecule has 0 heterocycles. The highest BCUT2D eigenvalue weighted by molar-refractivity contribution is 6.68. The molecule has 25 heavy (non-hydrogen) atoms. The Kier molecular flexibility index (Phi) is 8.45. The van der Waals surface area contributed by atoms with E-state index in [1.54, 1.807) is 0 Å². The number of amides is 1. The zero-order chi connectivity index (χ0) is 19.3. The highest BCUT2D eigenvalue weighted by atomic mass is 35.6. The second kappa shape index (κ2) is 9.40. The summed E-state index contributed by atoms with van der Waals surface area (Å²) < 4.78 is 36.5. The number of hydrogen-bond donors (Lipinski definition) is 2. The second-order valence-electron chi connectivity index (χ2n) is 5.34. The molecule has 142 valence electrons. The summed E-state index contributed by atoms with van der Waals surface area (Å²) in [6, 6.07) is 2.70. The van der Waals surface area contributed by atoms with Gasteiger partial charge in [0.25, 0.3) is 0 Å². The molecule has 0 radical (unpaired) electrons. The van der Waals surface area contributed by atoms with E-state index in [1.807, 2.05) is 6.92 Å². The minimum atomic E-state index is -4.56. The zero-order valence-corrected chi connectivity index (χ0v) is 16.2. The highest BCUT2D eigenvalue weighted by Gasteiger charge is 2.35. The molecule has 0 bridgehead atoms. The van der Waals surface area contributed by atoms with Crippen molar-refractivity contribution in [3.8, 4) is 0 Å². The first kappa shape index (κ1) is 22.5. The molecule has 0 fully saturated rings. The molecule has 0 aliphatic heterocycles. The lowest BCUT2D eigenvalue weighted by Gasteiger charge is -2.28. The van der Waals surface area contributed by atoms with Crippen molar-refractivity contribution < 1.29 is 18.0 Å². The summed E-state index contributed by atoms with van der Waals surface area (Å²) >= 11 is 23.4. The van der Waals surface area contributed by atoms with Crippen LogP contribution in [0.25, 0.3) is 0 Å². The predicted molar refractivity (Wildman–Crippen MR) is 96.4 cm³/mol. The summed E-state index contributed by atoms with van der Waals surface area (Å²) in [5, 5.41) is 5.02. The first-order valence-corrected chi connectivity index (χ1v) is 8.95. The number of hydrogen-bond acceptors (Lipinski definition) is 2. The van der Waals surface area contributed by atoms with Crippen LogP contribution in [0.15, 0.2) is 18.2 Å². The molecule has 10 heteroatoms. The molecule has 2 N–H and O–H groups in total. The van der Waals surface area contributed by atoms with Gasteiger partial charge in [0.05, 0.1) is 16.3 Å². The molecule has 1 unspecified atom stereocenters. The number of halogens is 7. The Labute approximate surface area is 164 Å². The van der Waals surface area contributed by atoms with E-state index in [9.17, 15) is 18.0 Å². The van der Waals surface area contributed by atoms with E-state index in [0.29, 0.717) is 6.42 Å². The topological polar surface area (TPSA) is 41.1 Å². The van der Waals surface area contributed by atoms with Crippen LogP contribution in [0.5, 0.6) is 0 Å². The third-order valence-electron chi connectivity index (χ3n) is 3.23. The van der Waals surface area contributed by atoms with E-state index in [2.05, 4.69) is 10.6 Å². The zero-order valence-electron chi connectivity index (χ0n) is 13.2. The van der Waals surface area contributed by atoms with Gasteiger partial charge in [-0.1, -0.05) is 66.2 Å². The van der Waals surface area contributed by atoms with Gasteiger partial charge in [-0.2, -0.15) is 13.2 Å². The van der Waals surface area contributed by atoms with Crippen LogP contribution in [0.4, 0.5) is 18.9 Å². The first-order valence-electron chi connectivity index (χ1n) is 7.44. The van der Waals surface area contributed by atoms with Crippen LogP contribution in [0.1, 0.15) is 38.2 Å². The van der Waals surface area contributed by atoms with Gasteiger partial charge in [0.15, 0.2) is 0 Å². The maximum absolute atomic E-state index is 12.8. The smallest absolute Gasteiger partial charge is 0.361 e. The fourth-order valence-electron chi connectivity index (χ4n) is 1.94. The molecule has 0 aromatic heterocycles. The lowest BCUT2D eigenvalue weighted by molar-refractivity contribution is -0.137. The van der Waals surface area contributed by atoms with Gasteiger partial charge in [-0.3, -0.25) is 4.79 Å². The number of rotatable bonds is 7. The van der Waals surface area contributed by atoms with Crippen molar-refractivity contribution in [3.63, 3.8) is 0 Å². The molecule has 3 nitrogen and oxygen atoms in total. The lowest BCUT2D eigenvalue weighted by Crippen LogP contribution is -2.49. The molecule has 0 aliphatic rings. The Morgan fingerprint density at radius 3 is 2.36 bits per heavy atom. The van der Waals surface area contributed by atoms with Crippen LogP contribution >= 0.6 is 46.4 Å². The number of anilines is 1. The van der Waals surface area contributed by atoms with E-state index in [0.717, 1.165) is 31.0 Å². The van der Waals surface area contributed by atoms with Gasteiger partial charge in [-0.15, -0.1) is 0 Å². The Hall–Kier alpha value is -0.560. The van der Waals surface area contributed by atoms with Gasteiger partial charge in [0.1, 0.15) is 6.17 Å². The summed E-state index contributed by atoms with van der Waals surface area (Å²) in [4.78, 5) is 11.9. The van der Waals surface area contributed by atoms with Crippen molar-refractivity contribution in [3.05, 3.63) is 28.8 Å². The molecule has 1 amide bonds. The second-order valence-corrected chi connectivity index (χ2v) is 8.11. The van der Waals surface area contributed by atoms with Crippen molar-refractivity contribution in [2.45, 2.75) is 48.7 Å². The molecule has 0 spiro atoms. The van der Waals surface area contributed by atoms with Crippen molar-refractivity contribution in [1.29, 1.82) is 0 Å². The maximum Gasteiger partial charge on any atom is 0.416 e. The lowest BCUT2D eigenvalue weighted by atomic mass is 10.2. The summed E-state index contributed by atoms with van der Waals surface area (Å²) in [6.45, 7) is 1.99. The number of alkyl halides is 6. The molecular formula is C15H17Cl4F3N2O. The largest absolute Gasteiger partial charge is 0.416 e. The highest BCUT2D eigenvalue weighted by Crippen LogP contribution is 2.36. The fraction of sp³-hybridized carbons (Fsp3) is 0.533. The number of unbranched alkanes of at least 4 members (excludes halogenated alkanes) is 2. The van der Waals surface area contributed by atoms with Crippen LogP contribution < -0.4 is 10.6 Å². The monoisotopic (exact) mass is 438 g/mol. The Morgan fingerprint density at radius 1 is 1.20 bits per heavy atom. The van der Waals surface area contributed by atoms with E-state index in [-0.39, 0.29) is 23.0 Å². The minimum Gasteiger partial charge on any atom is -0.361 e. The van der Waals surface area contributed by atoms with Gasteiger partial charge >= 0.3 is 6.18 Å². The van der Waals surface area contributed by atoms with Gasteiger partial charge in [0, 0.05) is 6.42 Å². The molecule has 1 aromatic carbocycles. The molecule has 1 aromatic rings.